The van der Waals surface area contributed by atoms with Gasteiger partial charge in [0.2, 0.25) is 0 Å². The topological polar surface area (TPSA) is 61.8 Å². The van der Waals surface area contributed by atoms with E-state index in [9.17, 15) is 0 Å². The minimum Gasteiger partial charge on any atom is -0.398 e. The molecule has 0 bridgehead atoms. The maximum Gasteiger partial charge on any atom is 0.101 e. The lowest BCUT2D eigenvalue weighted by molar-refractivity contribution is 1.41. The van der Waals surface area contributed by atoms with Gasteiger partial charge in [0.05, 0.1) is 22.0 Å². The van der Waals surface area contributed by atoms with Gasteiger partial charge in [-0.2, -0.15) is 5.26 Å². The van der Waals surface area contributed by atoms with E-state index in [4.69, 9.17) is 34.2 Å². The zero-order valence-corrected chi connectivity index (χ0v) is 11.7. The van der Waals surface area contributed by atoms with E-state index in [-0.39, 0.29) is 0 Å². The molecule has 0 saturated carbocycles. The molecule has 0 saturated heterocycles. The average molecular weight is 292 g/mol. The SMILES string of the molecule is Cc1cc(N)c(Cl)cc1Nc1cc(Cl)ccc1C#N. The molecule has 2 aromatic carbocycles. The third-order valence-electron chi connectivity index (χ3n) is 2.72. The van der Waals surface area contributed by atoms with Crippen LogP contribution < -0.4 is 11.1 Å². The first-order valence-corrected chi connectivity index (χ1v) is 6.29. The molecule has 0 atom stereocenters. The number of nitrogens with two attached hydrogens (primary N) is 1. The van der Waals surface area contributed by atoms with E-state index >= 15 is 0 Å². The van der Waals surface area contributed by atoms with Crippen LogP contribution in [0, 0.1) is 18.3 Å². The van der Waals surface area contributed by atoms with Gasteiger partial charge < -0.3 is 11.1 Å². The molecule has 5 heteroatoms. The maximum absolute atomic E-state index is 9.08. The number of halogens is 2. The summed E-state index contributed by atoms with van der Waals surface area (Å²) in [6, 6.07) is 10.7. The first kappa shape index (κ1) is 13.5. The minimum atomic E-state index is 0.466. The summed E-state index contributed by atoms with van der Waals surface area (Å²) >= 11 is 11.9. The number of rotatable bonds is 2. The van der Waals surface area contributed by atoms with Gasteiger partial charge in [-0.25, -0.2) is 0 Å². The summed E-state index contributed by atoms with van der Waals surface area (Å²) in [4.78, 5) is 0. The number of nitrogens with one attached hydrogen (secondary N) is 1. The lowest BCUT2D eigenvalue weighted by atomic mass is 10.1. The third-order valence-corrected chi connectivity index (χ3v) is 3.28. The number of hydrogen-bond donors (Lipinski definition) is 2. The zero-order chi connectivity index (χ0) is 14.0. The molecule has 0 radical (unpaired) electrons. The van der Waals surface area contributed by atoms with E-state index in [0.717, 1.165) is 11.3 Å². The second-order valence-electron chi connectivity index (χ2n) is 4.12. The minimum absolute atomic E-state index is 0.466. The Balaban J connectivity index is 2.45. The predicted molar refractivity (Wildman–Crippen MR) is 80.1 cm³/mol. The summed E-state index contributed by atoms with van der Waals surface area (Å²) in [5.41, 5.74) is 9.13. The molecule has 3 nitrogen and oxygen atoms in total. The Kier molecular flexibility index (Phi) is 3.84. The molecule has 19 heavy (non-hydrogen) atoms. The van der Waals surface area contributed by atoms with Crippen LogP contribution in [-0.2, 0) is 0 Å². The van der Waals surface area contributed by atoms with E-state index in [2.05, 4.69) is 11.4 Å². The monoisotopic (exact) mass is 291 g/mol. The van der Waals surface area contributed by atoms with E-state index in [1.807, 2.05) is 6.92 Å². The van der Waals surface area contributed by atoms with Crippen LogP contribution in [0.3, 0.4) is 0 Å². The first-order valence-electron chi connectivity index (χ1n) is 5.53. The Morgan fingerprint density at radius 2 is 1.89 bits per heavy atom. The van der Waals surface area contributed by atoms with Crippen LogP contribution in [-0.4, -0.2) is 0 Å². The summed E-state index contributed by atoms with van der Waals surface area (Å²) < 4.78 is 0. The Labute approximate surface area is 121 Å². The summed E-state index contributed by atoms with van der Waals surface area (Å²) in [5.74, 6) is 0. The van der Waals surface area contributed by atoms with Crippen molar-refractivity contribution >= 4 is 40.3 Å². The van der Waals surface area contributed by atoms with Crippen molar-refractivity contribution in [2.75, 3.05) is 11.1 Å². The van der Waals surface area contributed by atoms with Crippen LogP contribution in [0.25, 0.3) is 0 Å². The fraction of sp³-hybridized carbons (Fsp3) is 0.0714. The highest BCUT2D eigenvalue weighted by molar-refractivity contribution is 6.33. The maximum atomic E-state index is 9.08. The molecule has 0 heterocycles. The van der Waals surface area contributed by atoms with Gasteiger partial charge in [0.15, 0.2) is 0 Å². The highest BCUT2D eigenvalue weighted by Crippen LogP contribution is 2.31. The zero-order valence-electron chi connectivity index (χ0n) is 10.2. The molecule has 3 N–H and O–H groups in total. The van der Waals surface area contributed by atoms with E-state index in [1.165, 1.54) is 0 Å². The molecule has 0 aliphatic heterocycles. The number of hydrogen-bond acceptors (Lipinski definition) is 3. The number of aryl methyl sites for hydroxylation is 1. The molecular formula is C14H11Cl2N3. The Bertz CT molecular complexity index is 675. The van der Waals surface area contributed by atoms with E-state index in [1.54, 1.807) is 30.3 Å². The van der Waals surface area contributed by atoms with Crippen LogP contribution in [0.2, 0.25) is 10.0 Å². The molecule has 96 valence electrons. The normalized spacial score (nSPS) is 10.0. The van der Waals surface area contributed by atoms with Gasteiger partial charge in [0.25, 0.3) is 0 Å². The molecule has 0 amide bonds. The lowest BCUT2D eigenvalue weighted by Gasteiger charge is -2.13. The molecular weight excluding hydrogens is 281 g/mol. The molecule has 0 fully saturated rings. The van der Waals surface area contributed by atoms with Crippen molar-refractivity contribution in [3.8, 4) is 6.07 Å². The molecule has 0 spiro atoms. The van der Waals surface area contributed by atoms with Gasteiger partial charge in [-0.15, -0.1) is 0 Å². The summed E-state index contributed by atoms with van der Waals surface area (Å²) in [5, 5.41) is 13.3. The molecule has 0 aliphatic carbocycles. The molecule has 0 aliphatic rings. The fourth-order valence-electron chi connectivity index (χ4n) is 1.70. The Morgan fingerprint density at radius 1 is 1.16 bits per heavy atom. The van der Waals surface area contributed by atoms with Gasteiger partial charge in [-0.3, -0.25) is 0 Å². The van der Waals surface area contributed by atoms with Crippen molar-refractivity contribution in [2.45, 2.75) is 6.92 Å². The van der Waals surface area contributed by atoms with Gasteiger partial charge in [0, 0.05) is 10.7 Å². The smallest absolute Gasteiger partial charge is 0.101 e. The van der Waals surface area contributed by atoms with Crippen molar-refractivity contribution in [1.29, 1.82) is 5.26 Å². The Hall–Kier alpha value is -1.89. The van der Waals surface area contributed by atoms with Crippen LogP contribution in [0.4, 0.5) is 17.1 Å². The summed E-state index contributed by atoms with van der Waals surface area (Å²) in [7, 11) is 0. The van der Waals surface area contributed by atoms with E-state index < -0.39 is 0 Å². The second kappa shape index (κ2) is 5.40. The second-order valence-corrected chi connectivity index (χ2v) is 4.96. The average Bonchev–Trinajstić information content (AvgIpc) is 2.36. The summed E-state index contributed by atoms with van der Waals surface area (Å²) in [6.07, 6.45) is 0. The van der Waals surface area contributed by atoms with Gasteiger partial charge in [0.1, 0.15) is 6.07 Å². The van der Waals surface area contributed by atoms with Crippen molar-refractivity contribution in [3.63, 3.8) is 0 Å². The van der Waals surface area contributed by atoms with Crippen molar-refractivity contribution < 1.29 is 0 Å². The van der Waals surface area contributed by atoms with Gasteiger partial charge >= 0.3 is 0 Å². The van der Waals surface area contributed by atoms with Crippen LogP contribution >= 0.6 is 23.2 Å². The highest BCUT2D eigenvalue weighted by Gasteiger charge is 2.07. The Morgan fingerprint density at radius 3 is 2.58 bits per heavy atom. The highest BCUT2D eigenvalue weighted by atomic mass is 35.5. The number of nitriles is 1. The molecule has 2 aromatic rings. The predicted octanol–water partition coefficient (Wildman–Crippen LogP) is 4.50. The van der Waals surface area contributed by atoms with Crippen LogP contribution in [0.5, 0.6) is 0 Å². The number of nitrogens with zero attached hydrogens (tertiary/aromatic N) is 1. The molecule has 0 unspecified atom stereocenters. The lowest BCUT2D eigenvalue weighted by Crippen LogP contribution is -1.98. The van der Waals surface area contributed by atoms with Gasteiger partial charge in [-0.1, -0.05) is 23.2 Å². The quantitative estimate of drug-likeness (QED) is 0.801. The molecule has 0 aromatic heterocycles. The number of benzene rings is 2. The van der Waals surface area contributed by atoms with Crippen molar-refractivity contribution in [1.82, 2.24) is 0 Å². The fourth-order valence-corrected chi connectivity index (χ4v) is 2.04. The third kappa shape index (κ3) is 2.93. The first-order chi connectivity index (χ1) is 9.01. The van der Waals surface area contributed by atoms with Crippen molar-refractivity contribution in [3.05, 3.63) is 51.5 Å². The van der Waals surface area contributed by atoms with Crippen LogP contribution in [0.1, 0.15) is 11.1 Å². The number of nitrogen functional groups attached to an aromatic ring is 1. The standard InChI is InChI=1S/C14H11Cl2N3/c1-8-4-12(18)11(16)6-13(8)19-14-5-10(15)3-2-9(14)7-17/h2-6,19H,18H2,1H3. The largest absolute Gasteiger partial charge is 0.398 e. The van der Waals surface area contributed by atoms with Crippen molar-refractivity contribution in [2.24, 2.45) is 0 Å². The van der Waals surface area contributed by atoms with E-state index in [0.29, 0.717) is 27.0 Å². The summed E-state index contributed by atoms with van der Waals surface area (Å²) in [6.45, 7) is 1.91. The van der Waals surface area contributed by atoms with Gasteiger partial charge in [-0.05, 0) is 42.8 Å². The molecule has 2 rings (SSSR count). The number of anilines is 3. The van der Waals surface area contributed by atoms with Crippen LogP contribution in [0.15, 0.2) is 30.3 Å².